The van der Waals surface area contributed by atoms with E-state index in [2.05, 4.69) is 11.9 Å². The molecule has 4 nitrogen and oxygen atoms in total. The Kier molecular flexibility index (Phi) is 5.31. The molecule has 0 aromatic heterocycles. The first-order chi connectivity index (χ1) is 10.5. The van der Waals surface area contributed by atoms with Crippen molar-refractivity contribution in [2.45, 2.75) is 38.6 Å². The molecule has 0 heterocycles. The van der Waals surface area contributed by atoms with Crippen molar-refractivity contribution in [2.75, 3.05) is 11.9 Å². The molecule has 1 saturated carbocycles. The highest BCUT2D eigenvalue weighted by Gasteiger charge is 2.28. The Morgan fingerprint density at radius 2 is 2.09 bits per heavy atom. The molecule has 0 spiro atoms. The zero-order valence-electron chi connectivity index (χ0n) is 12.8. The fourth-order valence-electron chi connectivity index (χ4n) is 2.88. The molecule has 0 atom stereocenters. The van der Waals surface area contributed by atoms with E-state index in [0.29, 0.717) is 12.2 Å². The predicted octanol–water partition coefficient (Wildman–Crippen LogP) is 3.35. The third-order valence-corrected chi connectivity index (χ3v) is 3.87. The van der Waals surface area contributed by atoms with Crippen LogP contribution in [0.15, 0.2) is 30.9 Å². The van der Waals surface area contributed by atoms with E-state index in [9.17, 15) is 14.0 Å². The highest BCUT2D eigenvalue weighted by molar-refractivity contribution is 5.97. The minimum atomic E-state index is -0.578. The zero-order valence-corrected chi connectivity index (χ0v) is 12.8. The Balaban J connectivity index is 2.28. The van der Waals surface area contributed by atoms with E-state index in [1.165, 1.54) is 25.1 Å². The van der Waals surface area contributed by atoms with Gasteiger partial charge in [0.15, 0.2) is 0 Å². The van der Waals surface area contributed by atoms with Gasteiger partial charge < -0.3 is 10.2 Å². The van der Waals surface area contributed by atoms with Gasteiger partial charge in [0, 0.05) is 25.2 Å². The number of nitrogens with zero attached hydrogens (tertiary/aromatic N) is 1. The van der Waals surface area contributed by atoms with Crippen molar-refractivity contribution >= 4 is 17.5 Å². The number of anilines is 1. The van der Waals surface area contributed by atoms with Crippen LogP contribution in [-0.2, 0) is 4.79 Å². The molecule has 118 valence electrons. The van der Waals surface area contributed by atoms with Crippen molar-refractivity contribution in [3.05, 3.63) is 42.2 Å². The molecule has 1 aliphatic carbocycles. The molecule has 22 heavy (non-hydrogen) atoms. The molecule has 1 aromatic rings. The van der Waals surface area contributed by atoms with Crippen LogP contribution in [0.25, 0.3) is 0 Å². The Morgan fingerprint density at radius 3 is 2.68 bits per heavy atom. The van der Waals surface area contributed by atoms with Crippen molar-refractivity contribution in [1.82, 2.24) is 4.90 Å². The number of hydrogen-bond acceptors (Lipinski definition) is 2. The highest BCUT2D eigenvalue weighted by Crippen LogP contribution is 2.26. The number of halogens is 1. The molecular weight excluding hydrogens is 283 g/mol. The summed E-state index contributed by atoms with van der Waals surface area (Å²) in [5.74, 6) is -1.19. The van der Waals surface area contributed by atoms with E-state index in [1.54, 1.807) is 11.0 Å². The molecule has 0 unspecified atom stereocenters. The molecule has 0 saturated heterocycles. The van der Waals surface area contributed by atoms with E-state index >= 15 is 0 Å². The fraction of sp³-hybridized carbons (Fsp3) is 0.412. The summed E-state index contributed by atoms with van der Waals surface area (Å²) < 4.78 is 14.1. The minimum absolute atomic E-state index is 0.0139. The number of carbonyl (C=O) groups is 2. The van der Waals surface area contributed by atoms with Gasteiger partial charge >= 0.3 is 0 Å². The molecule has 0 bridgehead atoms. The first kappa shape index (κ1) is 16.2. The Hall–Kier alpha value is -2.17. The summed E-state index contributed by atoms with van der Waals surface area (Å²) in [5, 5.41) is 2.57. The molecule has 2 rings (SSSR count). The SMILES string of the molecule is C=CCN(C(=O)c1cc(NC(C)=O)ccc1F)C1CCCC1. The van der Waals surface area contributed by atoms with Crippen LogP contribution < -0.4 is 5.32 Å². The maximum atomic E-state index is 14.1. The van der Waals surface area contributed by atoms with Gasteiger partial charge in [-0.05, 0) is 31.0 Å². The van der Waals surface area contributed by atoms with E-state index in [0.717, 1.165) is 25.7 Å². The Bertz CT molecular complexity index is 580. The van der Waals surface area contributed by atoms with Crippen LogP contribution in [0.2, 0.25) is 0 Å². The summed E-state index contributed by atoms with van der Waals surface area (Å²) >= 11 is 0. The minimum Gasteiger partial charge on any atom is -0.332 e. The summed E-state index contributed by atoms with van der Waals surface area (Å²) in [7, 11) is 0. The molecule has 0 radical (unpaired) electrons. The summed E-state index contributed by atoms with van der Waals surface area (Å²) in [6.45, 7) is 5.45. The summed E-state index contributed by atoms with van der Waals surface area (Å²) in [4.78, 5) is 25.5. The summed E-state index contributed by atoms with van der Waals surface area (Å²) in [6.07, 6.45) is 5.70. The van der Waals surface area contributed by atoms with Gasteiger partial charge in [0.2, 0.25) is 5.91 Å². The number of carbonyl (C=O) groups excluding carboxylic acids is 2. The van der Waals surface area contributed by atoms with E-state index < -0.39 is 5.82 Å². The van der Waals surface area contributed by atoms with Crippen molar-refractivity contribution in [1.29, 1.82) is 0 Å². The third kappa shape index (κ3) is 3.72. The Labute approximate surface area is 130 Å². The fourth-order valence-corrected chi connectivity index (χ4v) is 2.88. The van der Waals surface area contributed by atoms with Gasteiger partial charge in [-0.2, -0.15) is 0 Å². The van der Waals surface area contributed by atoms with Crippen LogP contribution in [0.3, 0.4) is 0 Å². The number of nitrogens with one attached hydrogen (secondary N) is 1. The van der Waals surface area contributed by atoms with Crippen molar-refractivity contribution in [2.24, 2.45) is 0 Å². The van der Waals surface area contributed by atoms with Gasteiger partial charge in [-0.3, -0.25) is 9.59 Å². The maximum Gasteiger partial charge on any atom is 0.257 e. The van der Waals surface area contributed by atoms with E-state index in [-0.39, 0.29) is 23.4 Å². The molecule has 1 fully saturated rings. The largest absolute Gasteiger partial charge is 0.332 e. The van der Waals surface area contributed by atoms with Crippen molar-refractivity contribution < 1.29 is 14.0 Å². The second kappa shape index (κ2) is 7.20. The van der Waals surface area contributed by atoms with Gasteiger partial charge in [-0.1, -0.05) is 18.9 Å². The highest BCUT2D eigenvalue weighted by atomic mass is 19.1. The monoisotopic (exact) mass is 304 g/mol. The first-order valence-electron chi connectivity index (χ1n) is 7.52. The lowest BCUT2D eigenvalue weighted by Crippen LogP contribution is -2.39. The normalized spacial score (nSPS) is 14.6. The average Bonchev–Trinajstić information content (AvgIpc) is 2.99. The second-order valence-electron chi connectivity index (χ2n) is 5.56. The Morgan fingerprint density at radius 1 is 1.41 bits per heavy atom. The third-order valence-electron chi connectivity index (χ3n) is 3.87. The smallest absolute Gasteiger partial charge is 0.257 e. The van der Waals surface area contributed by atoms with Crippen LogP contribution in [-0.4, -0.2) is 29.3 Å². The lowest BCUT2D eigenvalue weighted by Gasteiger charge is -2.28. The van der Waals surface area contributed by atoms with Crippen LogP contribution >= 0.6 is 0 Å². The molecule has 0 aliphatic heterocycles. The summed E-state index contributed by atoms with van der Waals surface area (Å²) in [5.41, 5.74) is 0.405. The van der Waals surface area contributed by atoms with Crippen LogP contribution in [0.5, 0.6) is 0 Å². The number of rotatable bonds is 5. The number of hydrogen-bond donors (Lipinski definition) is 1. The second-order valence-corrected chi connectivity index (χ2v) is 5.56. The lowest BCUT2D eigenvalue weighted by atomic mass is 10.1. The van der Waals surface area contributed by atoms with Gasteiger partial charge in [-0.15, -0.1) is 6.58 Å². The molecule has 1 aromatic carbocycles. The van der Waals surface area contributed by atoms with Crippen molar-refractivity contribution in [3.8, 4) is 0 Å². The standard InChI is InChI=1S/C17H21FN2O2/c1-3-10-20(14-6-4-5-7-14)17(22)15-11-13(19-12(2)21)8-9-16(15)18/h3,8-9,11,14H,1,4-7,10H2,2H3,(H,19,21). The van der Waals surface area contributed by atoms with Gasteiger partial charge in [-0.25, -0.2) is 4.39 Å². The van der Waals surface area contributed by atoms with Gasteiger partial charge in [0.25, 0.3) is 5.91 Å². The molecular formula is C17H21FN2O2. The number of benzene rings is 1. The van der Waals surface area contributed by atoms with E-state index in [4.69, 9.17) is 0 Å². The van der Waals surface area contributed by atoms with Gasteiger partial charge in [0.1, 0.15) is 5.82 Å². The lowest BCUT2D eigenvalue weighted by molar-refractivity contribution is -0.114. The average molecular weight is 304 g/mol. The topological polar surface area (TPSA) is 49.4 Å². The van der Waals surface area contributed by atoms with Crippen LogP contribution in [0.1, 0.15) is 43.0 Å². The molecule has 2 amide bonds. The van der Waals surface area contributed by atoms with Crippen LogP contribution in [0.4, 0.5) is 10.1 Å². The van der Waals surface area contributed by atoms with E-state index in [1.807, 2.05) is 0 Å². The predicted molar refractivity (Wildman–Crippen MR) is 84.2 cm³/mol. The number of amides is 2. The first-order valence-corrected chi connectivity index (χ1v) is 7.52. The molecule has 1 N–H and O–H groups in total. The quantitative estimate of drug-likeness (QED) is 0.848. The zero-order chi connectivity index (χ0) is 16.1. The van der Waals surface area contributed by atoms with Gasteiger partial charge in [0.05, 0.1) is 5.56 Å². The van der Waals surface area contributed by atoms with Crippen molar-refractivity contribution in [3.63, 3.8) is 0 Å². The molecule has 5 heteroatoms. The summed E-state index contributed by atoms with van der Waals surface area (Å²) in [6, 6.07) is 4.18. The van der Waals surface area contributed by atoms with Crippen LogP contribution in [0, 0.1) is 5.82 Å². The molecule has 1 aliphatic rings. The maximum absolute atomic E-state index is 14.1.